The Bertz CT molecular complexity index is 332. The molecule has 0 saturated heterocycles. The van der Waals surface area contributed by atoms with E-state index in [1.807, 2.05) is 6.07 Å². The van der Waals surface area contributed by atoms with Gasteiger partial charge in [0.15, 0.2) is 0 Å². The van der Waals surface area contributed by atoms with Crippen molar-refractivity contribution in [3.63, 3.8) is 0 Å². The topological polar surface area (TPSA) is 44.0 Å². The first-order chi connectivity index (χ1) is 5.72. The van der Waals surface area contributed by atoms with Gasteiger partial charge in [-0.05, 0) is 29.8 Å². The molecule has 1 N–H and O–H groups in total. The van der Waals surface area contributed by atoms with E-state index >= 15 is 0 Å². The molecule has 3 heteroatoms. The van der Waals surface area contributed by atoms with Crippen molar-refractivity contribution in [1.29, 1.82) is 5.26 Å². The van der Waals surface area contributed by atoms with E-state index in [-0.39, 0.29) is 5.75 Å². The predicted molar refractivity (Wildman–Crippen MR) is 47.8 cm³/mol. The molecule has 1 rings (SSSR count). The van der Waals surface area contributed by atoms with E-state index in [1.54, 1.807) is 12.1 Å². The van der Waals surface area contributed by atoms with E-state index in [0.29, 0.717) is 10.6 Å². The second kappa shape index (κ2) is 3.80. The monoisotopic (exact) mass is 179 g/mol. The third-order valence-corrected chi connectivity index (χ3v) is 1.47. The summed E-state index contributed by atoms with van der Waals surface area (Å²) in [6, 6.07) is 6.47. The smallest absolute Gasteiger partial charge is 0.117 e. The minimum absolute atomic E-state index is 0.0973. The average Bonchev–Trinajstić information content (AvgIpc) is 1.99. The molecule has 0 bridgehead atoms. The zero-order valence-electron chi connectivity index (χ0n) is 6.16. The van der Waals surface area contributed by atoms with Crippen molar-refractivity contribution in [3.8, 4) is 11.8 Å². The maximum absolute atomic E-state index is 9.09. The van der Waals surface area contributed by atoms with Crippen LogP contribution in [0.5, 0.6) is 5.75 Å². The molecule has 0 spiro atoms. The number of benzene rings is 1. The zero-order valence-corrected chi connectivity index (χ0v) is 6.92. The van der Waals surface area contributed by atoms with Crippen LogP contribution in [0.2, 0.25) is 5.02 Å². The molecule has 0 aliphatic rings. The Balaban J connectivity index is 3.03. The first-order valence-corrected chi connectivity index (χ1v) is 3.66. The summed E-state index contributed by atoms with van der Waals surface area (Å²) in [7, 11) is 0. The summed E-state index contributed by atoms with van der Waals surface area (Å²) >= 11 is 5.65. The molecular weight excluding hydrogens is 174 g/mol. The van der Waals surface area contributed by atoms with Crippen LogP contribution in [-0.2, 0) is 0 Å². The van der Waals surface area contributed by atoms with Gasteiger partial charge in [-0.25, -0.2) is 0 Å². The van der Waals surface area contributed by atoms with Gasteiger partial charge in [0.05, 0.1) is 6.07 Å². The number of allylic oxidation sites excluding steroid dienone is 1. The fourth-order valence-corrected chi connectivity index (χ4v) is 1.06. The molecule has 0 unspecified atom stereocenters. The Labute approximate surface area is 75.3 Å². The highest BCUT2D eigenvalue weighted by atomic mass is 35.5. The van der Waals surface area contributed by atoms with Gasteiger partial charge in [-0.3, -0.25) is 0 Å². The lowest BCUT2D eigenvalue weighted by molar-refractivity contribution is 0.475. The van der Waals surface area contributed by atoms with Crippen LogP contribution in [0, 0.1) is 11.3 Å². The van der Waals surface area contributed by atoms with Gasteiger partial charge in [0, 0.05) is 11.1 Å². The van der Waals surface area contributed by atoms with Crippen LogP contribution in [0.1, 0.15) is 5.56 Å². The van der Waals surface area contributed by atoms with Crippen molar-refractivity contribution in [2.45, 2.75) is 0 Å². The molecule has 0 aliphatic heterocycles. The largest absolute Gasteiger partial charge is 0.508 e. The van der Waals surface area contributed by atoms with Gasteiger partial charge in [-0.2, -0.15) is 5.26 Å². The lowest BCUT2D eigenvalue weighted by atomic mass is 10.2. The van der Waals surface area contributed by atoms with Crippen LogP contribution in [0.25, 0.3) is 6.08 Å². The van der Waals surface area contributed by atoms with Crippen LogP contribution < -0.4 is 0 Å². The van der Waals surface area contributed by atoms with Crippen molar-refractivity contribution in [2.75, 3.05) is 0 Å². The SMILES string of the molecule is N#C/C=C\c1cc(O)cc(Cl)c1. The summed E-state index contributed by atoms with van der Waals surface area (Å²) in [6.45, 7) is 0. The summed E-state index contributed by atoms with van der Waals surface area (Å²) in [6.07, 6.45) is 2.90. The molecule has 0 radical (unpaired) electrons. The van der Waals surface area contributed by atoms with Crippen LogP contribution in [-0.4, -0.2) is 5.11 Å². The summed E-state index contributed by atoms with van der Waals surface area (Å²) in [5, 5.41) is 17.8. The number of rotatable bonds is 1. The normalized spacial score (nSPS) is 10.0. The Hall–Kier alpha value is -1.46. The lowest BCUT2D eigenvalue weighted by Crippen LogP contribution is -1.72. The lowest BCUT2D eigenvalue weighted by Gasteiger charge is -1.95. The number of phenols is 1. The highest BCUT2D eigenvalue weighted by Gasteiger charge is 1.94. The summed E-state index contributed by atoms with van der Waals surface area (Å²) in [5.74, 6) is 0.0973. The molecule has 12 heavy (non-hydrogen) atoms. The van der Waals surface area contributed by atoms with Crippen LogP contribution in [0.3, 0.4) is 0 Å². The van der Waals surface area contributed by atoms with E-state index in [2.05, 4.69) is 0 Å². The van der Waals surface area contributed by atoms with Gasteiger partial charge in [-0.1, -0.05) is 11.6 Å². The molecule has 1 aromatic carbocycles. The van der Waals surface area contributed by atoms with Crippen molar-refractivity contribution in [2.24, 2.45) is 0 Å². The number of nitrogens with zero attached hydrogens (tertiary/aromatic N) is 1. The number of nitriles is 1. The molecule has 60 valence electrons. The van der Waals surface area contributed by atoms with Gasteiger partial charge in [0.1, 0.15) is 5.75 Å². The summed E-state index contributed by atoms with van der Waals surface area (Å²) in [4.78, 5) is 0. The molecule has 0 atom stereocenters. The molecular formula is C9H6ClNO. The number of halogens is 1. The maximum atomic E-state index is 9.09. The van der Waals surface area contributed by atoms with E-state index in [9.17, 15) is 0 Å². The van der Waals surface area contributed by atoms with Gasteiger partial charge >= 0.3 is 0 Å². The van der Waals surface area contributed by atoms with Crippen molar-refractivity contribution >= 4 is 17.7 Å². The molecule has 0 fully saturated rings. The summed E-state index contributed by atoms with van der Waals surface area (Å²) in [5.41, 5.74) is 0.710. The first-order valence-electron chi connectivity index (χ1n) is 3.28. The van der Waals surface area contributed by atoms with Gasteiger partial charge in [0.2, 0.25) is 0 Å². The van der Waals surface area contributed by atoms with Crippen molar-refractivity contribution < 1.29 is 5.11 Å². The Morgan fingerprint density at radius 2 is 2.17 bits per heavy atom. The molecule has 0 saturated carbocycles. The van der Waals surface area contributed by atoms with Gasteiger partial charge in [-0.15, -0.1) is 0 Å². The maximum Gasteiger partial charge on any atom is 0.117 e. The van der Waals surface area contributed by atoms with E-state index in [1.165, 1.54) is 18.2 Å². The van der Waals surface area contributed by atoms with Crippen LogP contribution in [0.4, 0.5) is 0 Å². The third kappa shape index (κ3) is 2.30. The Morgan fingerprint density at radius 1 is 1.42 bits per heavy atom. The molecule has 2 nitrogen and oxygen atoms in total. The highest BCUT2D eigenvalue weighted by Crippen LogP contribution is 2.20. The highest BCUT2D eigenvalue weighted by molar-refractivity contribution is 6.30. The molecule has 0 aromatic heterocycles. The van der Waals surface area contributed by atoms with Gasteiger partial charge < -0.3 is 5.11 Å². The minimum atomic E-state index is 0.0973. The van der Waals surface area contributed by atoms with Crippen LogP contribution in [0.15, 0.2) is 24.3 Å². The fraction of sp³-hybridized carbons (Fsp3) is 0. The second-order valence-corrected chi connectivity index (χ2v) is 2.64. The van der Waals surface area contributed by atoms with Crippen molar-refractivity contribution in [1.82, 2.24) is 0 Å². The Kier molecular flexibility index (Phi) is 2.73. The van der Waals surface area contributed by atoms with E-state index in [0.717, 1.165) is 0 Å². The number of hydrogen-bond acceptors (Lipinski definition) is 2. The zero-order chi connectivity index (χ0) is 8.97. The van der Waals surface area contributed by atoms with E-state index in [4.69, 9.17) is 22.0 Å². The standard InChI is InChI=1S/C9H6ClNO/c10-8-4-7(2-1-3-11)5-9(12)6-8/h1-2,4-6,12H/b2-1-. The van der Waals surface area contributed by atoms with Crippen LogP contribution >= 0.6 is 11.6 Å². The fourth-order valence-electron chi connectivity index (χ4n) is 0.826. The van der Waals surface area contributed by atoms with Crippen molar-refractivity contribution in [3.05, 3.63) is 34.9 Å². The minimum Gasteiger partial charge on any atom is -0.508 e. The average molecular weight is 180 g/mol. The second-order valence-electron chi connectivity index (χ2n) is 2.21. The molecule has 0 amide bonds. The molecule has 0 aliphatic carbocycles. The van der Waals surface area contributed by atoms with Gasteiger partial charge in [0.25, 0.3) is 0 Å². The molecule has 1 aromatic rings. The number of phenolic OH excluding ortho intramolecular Hbond substituents is 1. The Morgan fingerprint density at radius 3 is 2.75 bits per heavy atom. The quantitative estimate of drug-likeness (QED) is 0.674. The number of aromatic hydroxyl groups is 1. The first kappa shape index (κ1) is 8.63. The number of hydrogen-bond donors (Lipinski definition) is 1. The summed E-state index contributed by atoms with van der Waals surface area (Å²) < 4.78 is 0. The molecule has 0 heterocycles. The van der Waals surface area contributed by atoms with E-state index < -0.39 is 0 Å². The third-order valence-electron chi connectivity index (χ3n) is 1.26. The predicted octanol–water partition coefficient (Wildman–Crippen LogP) is 2.58.